The van der Waals surface area contributed by atoms with Crippen LogP contribution in [0.1, 0.15) is 5.56 Å². The number of aromatic nitrogens is 3. The van der Waals surface area contributed by atoms with Crippen LogP contribution in [0.15, 0.2) is 32.5 Å². The fourth-order valence-electron chi connectivity index (χ4n) is 1.67. The van der Waals surface area contributed by atoms with E-state index in [-0.39, 0.29) is 16.2 Å². The number of aliphatic imine (C=N–C) groups is 1. The third-order valence-electron chi connectivity index (χ3n) is 2.60. The molecule has 9 heteroatoms. The summed E-state index contributed by atoms with van der Waals surface area (Å²) in [7, 11) is 0. The van der Waals surface area contributed by atoms with E-state index in [4.69, 9.17) is 12.2 Å². The molecule has 2 heterocycles. The molecule has 0 unspecified atom stereocenters. The van der Waals surface area contributed by atoms with Crippen LogP contribution in [0.4, 0.5) is 5.13 Å². The predicted molar refractivity (Wildman–Crippen MR) is 88.5 cm³/mol. The van der Waals surface area contributed by atoms with Crippen LogP contribution < -0.4 is 5.56 Å². The molecule has 1 aromatic carbocycles. The Morgan fingerprint density at radius 1 is 1.43 bits per heavy atom. The quantitative estimate of drug-likeness (QED) is 0.468. The third kappa shape index (κ3) is 2.94. The van der Waals surface area contributed by atoms with Crippen molar-refractivity contribution in [2.24, 2.45) is 4.99 Å². The van der Waals surface area contributed by atoms with Gasteiger partial charge in [-0.2, -0.15) is 0 Å². The summed E-state index contributed by atoms with van der Waals surface area (Å²) in [5.41, 5.74) is 0.314. The van der Waals surface area contributed by atoms with Crippen LogP contribution in [0.25, 0.3) is 10.2 Å². The Hall–Kier alpha value is -1.84. The van der Waals surface area contributed by atoms with Gasteiger partial charge >= 0.3 is 0 Å². The molecule has 3 N–H and O–H groups in total. The Morgan fingerprint density at radius 2 is 2.24 bits per heavy atom. The van der Waals surface area contributed by atoms with Gasteiger partial charge in [0.05, 0.1) is 10.2 Å². The second kappa shape index (κ2) is 5.51. The Bertz CT molecular complexity index is 973. The van der Waals surface area contributed by atoms with E-state index in [9.17, 15) is 9.90 Å². The number of benzene rings is 1. The minimum atomic E-state index is -0.510. The number of aromatic amines is 2. The third-order valence-corrected chi connectivity index (χ3v) is 4.23. The van der Waals surface area contributed by atoms with Gasteiger partial charge in [-0.15, -0.1) is 0 Å². The summed E-state index contributed by atoms with van der Waals surface area (Å²) in [5, 5.41) is 10.2. The van der Waals surface area contributed by atoms with Gasteiger partial charge in [-0.3, -0.25) is 9.78 Å². The molecule has 0 aliphatic carbocycles. The number of nitrogens with zero attached hydrogens (tertiary/aromatic N) is 2. The first-order valence-corrected chi connectivity index (χ1v) is 7.70. The lowest BCUT2D eigenvalue weighted by Crippen LogP contribution is -2.13. The van der Waals surface area contributed by atoms with E-state index in [1.165, 1.54) is 17.6 Å². The van der Waals surface area contributed by atoms with Gasteiger partial charge in [0.15, 0.2) is 4.77 Å². The van der Waals surface area contributed by atoms with Crippen molar-refractivity contribution >= 4 is 61.0 Å². The Kier molecular flexibility index (Phi) is 3.70. The van der Waals surface area contributed by atoms with Gasteiger partial charge in [-0.1, -0.05) is 27.3 Å². The number of fused-ring (bicyclic) bond motifs is 1. The highest BCUT2D eigenvalue weighted by molar-refractivity contribution is 9.10. The van der Waals surface area contributed by atoms with E-state index in [1.807, 2.05) is 18.2 Å². The molecule has 21 heavy (non-hydrogen) atoms. The van der Waals surface area contributed by atoms with Crippen molar-refractivity contribution in [3.63, 3.8) is 0 Å². The predicted octanol–water partition coefficient (Wildman–Crippen LogP) is 3.26. The zero-order valence-electron chi connectivity index (χ0n) is 10.3. The van der Waals surface area contributed by atoms with Crippen LogP contribution in [-0.4, -0.2) is 26.3 Å². The molecular formula is C12H7BrN4O2S2. The van der Waals surface area contributed by atoms with Gasteiger partial charge in [0, 0.05) is 10.7 Å². The zero-order valence-corrected chi connectivity index (χ0v) is 13.5. The summed E-state index contributed by atoms with van der Waals surface area (Å²) >= 11 is 9.52. The summed E-state index contributed by atoms with van der Waals surface area (Å²) in [6.45, 7) is 0. The van der Waals surface area contributed by atoms with Gasteiger partial charge in [0.1, 0.15) is 5.56 Å². The number of aromatic hydroxyl groups is 1. The largest absolute Gasteiger partial charge is 0.494 e. The first-order chi connectivity index (χ1) is 10.0. The number of H-pyrrole nitrogens is 2. The molecule has 3 aromatic rings. The van der Waals surface area contributed by atoms with Crippen LogP contribution in [0, 0.1) is 4.77 Å². The average molecular weight is 383 g/mol. The van der Waals surface area contributed by atoms with Crippen LogP contribution >= 0.6 is 39.5 Å². The first-order valence-electron chi connectivity index (χ1n) is 5.68. The second-order valence-corrected chi connectivity index (χ2v) is 6.37. The molecule has 0 bridgehead atoms. The molecule has 0 atom stereocenters. The molecule has 0 saturated heterocycles. The maximum Gasteiger partial charge on any atom is 0.264 e. The van der Waals surface area contributed by atoms with E-state index >= 15 is 0 Å². The van der Waals surface area contributed by atoms with E-state index < -0.39 is 5.56 Å². The molecule has 0 spiro atoms. The first kappa shape index (κ1) is 14.1. The number of rotatable bonds is 2. The summed E-state index contributed by atoms with van der Waals surface area (Å²) < 4.78 is 1.99. The summed E-state index contributed by atoms with van der Waals surface area (Å²) in [6, 6.07) is 5.71. The van der Waals surface area contributed by atoms with E-state index in [0.717, 1.165) is 14.7 Å². The molecule has 2 aromatic heterocycles. The van der Waals surface area contributed by atoms with Gasteiger partial charge < -0.3 is 10.1 Å². The summed E-state index contributed by atoms with van der Waals surface area (Å²) in [5.74, 6) is -0.323. The topological polar surface area (TPSA) is 94.1 Å². The molecule has 0 radical (unpaired) electrons. The standard InChI is InChI=1S/C12H7BrN4O2S2/c13-5-1-2-7-8(3-5)21-12(15-7)14-4-6-9(18)16-11(20)17-10(6)19/h1-4H,(H3,16,17,18,19,20). The molecule has 0 aliphatic rings. The molecule has 0 amide bonds. The Balaban J connectivity index is 2.02. The van der Waals surface area contributed by atoms with Crippen molar-refractivity contribution in [2.75, 3.05) is 0 Å². The van der Waals surface area contributed by atoms with Crippen LogP contribution in [0.5, 0.6) is 5.88 Å². The van der Waals surface area contributed by atoms with Crippen molar-refractivity contribution in [3.05, 3.63) is 43.4 Å². The molecule has 0 aliphatic heterocycles. The molecular weight excluding hydrogens is 376 g/mol. The Labute approximate surface area is 135 Å². The molecule has 3 rings (SSSR count). The molecule has 0 saturated carbocycles. The maximum absolute atomic E-state index is 11.7. The normalized spacial score (nSPS) is 11.5. The highest BCUT2D eigenvalue weighted by Gasteiger charge is 2.06. The molecule has 6 nitrogen and oxygen atoms in total. The highest BCUT2D eigenvalue weighted by atomic mass is 79.9. The molecule has 106 valence electrons. The maximum atomic E-state index is 11.7. The van der Waals surface area contributed by atoms with Crippen LogP contribution in [0.3, 0.4) is 0 Å². The molecule has 0 fully saturated rings. The van der Waals surface area contributed by atoms with E-state index in [1.54, 1.807) is 0 Å². The number of hydrogen-bond donors (Lipinski definition) is 3. The average Bonchev–Trinajstić information content (AvgIpc) is 2.79. The minimum absolute atomic E-state index is 0.00374. The number of halogens is 1. The number of hydrogen-bond acceptors (Lipinski definition) is 6. The van der Waals surface area contributed by atoms with Crippen molar-refractivity contribution in [2.45, 2.75) is 0 Å². The zero-order chi connectivity index (χ0) is 15.0. The van der Waals surface area contributed by atoms with Crippen LogP contribution in [-0.2, 0) is 0 Å². The smallest absolute Gasteiger partial charge is 0.264 e. The van der Waals surface area contributed by atoms with E-state index in [2.05, 4.69) is 35.9 Å². The van der Waals surface area contributed by atoms with Crippen molar-refractivity contribution in [1.82, 2.24) is 15.0 Å². The van der Waals surface area contributed by atoms with Crippen LogP contribution in [0.2, 0.25) is 0 Å². The van der Waals surface area contributed by atoms with Crippen molar-refractivity contribution in [3.8, 4) is 5.88 Å². The van der Waals surface area contributed by atoms with Crippen molar-refractivity contribution in [1.29, 1.82) is 0 Å². The van der Waals surface area contributed by atoms with Gasteiger partial charge in [0.2, 0.25) is 11.0 Å². The number of thiazole rings is 1. The Morgan fingerprint density at radius 3 is 3.00 bits per heavy atom. The fourth-order valence-corrected chi connectivity index (χ4v) is 3.22. The minimum Gasteiger partial charge on any atom is -0.494 e. The lowest BCUT2D eigenvalue weighted by molar-refractivity contribution is 0.449. The highest BCUT2D eigenvalue weighted by Crippen LogP contribution is 2.30. The second-order valence-electron chi connectivity index (χ2n) is 4.04. The SMILES string of the molecule is O=c1[nH]c(=S)[nH]c(O)c1C=Nc1nc2ccc(Br)cc2s1. The van der Waals surface area contributed by atoms with Crippen molar-refractivity contribution < 1.29 is 5.11 Å². The van der Waals surface area contributed by atoms with Gasteiger partial charge in [-0.25, -0.2) is 9.98 Å². The summed E-state index contributed by atoms with van der Waals surface area (Å²) in [6.07, 6.45) is 1.26. The van der Waals surface area contributed by atoms with Gasteiger partial charge in [0.25, 0.3) is 5.56 Å². The van der Waals surface area contributed by atoms with Gasteiger partial charge in [-0.05, 0) is 30.4 Å². The lowest BCUT2D eigenvalue weighted by atomic mass is 10.3. The lowest BCUT2D eigenvalue weighted by Gasteiger charge is -1.95. The van der Waals surface area contributed by atoms with E-state index in [0.29, 0.717) is 5.13 Å². The monoisotopic (exact) mass is 382 g/mol. The number of nitrogens with one attached hydrogen (secondary N) is 2. The fraction of sp³-hybridized carbons (Fsp3) is 0. The summed E-state index contributed by atoms with van der Waals surface area (Å²) in [4.78, 5) is 25.0.